The maximum absolute atomic E-state index is 6.61. The fourth-order valence-electron chi connectivity index (χ4n) is 8.28. The van der Waals surface area contributed by atoms with Crippen LogP contribution in [0.4, 0.5) is 0 Å². The Bertz CT molecular complexity index is 3100. The van der Waals surface area contributed by atoms with Gasteiger partial charge in [-0.05, 0) is 102 Å². The first-order valence-electron chi connectivity index (χ1n) is 17.1. The average molecular weight is 637 g/mol. The summed E-state index contributed by atoms with van der Waals surface area (Å²) in [5, 5.41) is 11.8. The van der Waals surface area contributed by atoms with E-state index in [9.17, 15) is 0 Å². The molecule has 0 unspecified atom stereocenters. The molecule has 50 heavy (non-hydrogen) atoms. The Morgan fingerprint density at radius 3 is 1.52 bits per heavy atom. The molecule has 0 radical (unpaired) electrons. The highest BCUT2D eigenvalue weighted by atomic mass is 16.3. The zero-order valence-electron chi connectivity index (χ0n) is 27.0. The van der Waals surface area contributed by atoms with Gasteiger partial charge < -0.3 is 8.83 Å². The summed E-state index contributed by atoms with van der Waals surface area (Å²) in [6, 6.07) is 60.9. The van der Waals surface area contributed by atoms with E-state index in [0.29, 0.717) is 0 Å². The van der Waals surface area contributed by atoms with E-state index in [1.165, 1.54) is 60.1 Å². The Morgan fingerprint density at radius 2 is 0.800 bits per heavy atom. The molecule has 0 aliphatic carbocycles. The predicted molar refractivity (Wildman–Crippen MR) is 210 cm³/mol. The lowest BCUT2D eigenvalue weighted by Gasteiger charge is -2.19. The van der Waals surface area contributed by atoms with Crippen molar-refractivity contribution in [3.63, 3.8) is 0 Å². The van der Waals surface area contributed by atoms with Crippen LogP contribution in [0.5, 0.6) is 0 Å². The summed E-state index contributed by atoms with van der Waals surface area (Å²) in [4.78, 5) is 0. The Labute approximate surface area is 287 Å². The van der Waals surface area contributed by atoms with Crippen molar-refractivity contribution in [2.24, 2.45) is 0 Å². The summed E-state index contributed by atoms with van der Waals surface area (Å²) in [6.45, 7) is 0. The third kappa shape index (κ3) is 3.90. The van der Waals surface area contributed by atoms with Crippen LogP contribution >= 0.6 is 0 Å². The molecule has 0 fully saturated rings. The Balaban J connectivity index is 1.17. The van der Waals surface area contributed by atoms with E-state index in [1.54, 1.807) is 0 Å². The number of furan rings is 2. The average Bonchev–Trinajstić information content (AvgIpc) is 3.74. The minimum Gasteiger partial charge on any atom is -0.456 e. The van der Waals surface area contributed by atoms with Crippen LogP contribution < -0.4 is 0 Å². The van der Waals surface area contributed by atoms with Crippen molar-refractivity contribution < 1.29 is 8.83 Å². The summed E-state index contributed by atoms with van der Waals surface area (Å²) in [7, 11) is 0. The lowest BCUT2D eigenvalue weighted by atomic mass is 9.83. The number of fused-ring (bicyclic) bond motifs is 10. The molecule has 2 heteroatoms. The summed E-state index contributed by atoms with van der Waals surface area (Å²) in [5.41, 5.74) is 10.8. The number of hydrogen-bond donors (Lipinski definition) is 0. The van der Waals surface area contributed by atoms with Gasteiger partial charge in [-0.1, -0.05) is 133 Å². The SMILES string of the molecule is c1ccc(-c2c3ccccc3c(-c3ccc4c(c3)oc3ccc5oc6ccccc6c5c34)c3ccccc23)c(-c2ccc3ccccc3c2)c1. The summed E-state index contributed by atoms with van der Waals surface area (Å²) < 4.78 is 12.8. The summed E-state index contributed by atoms with van der Waals surface area (Å²) in [5.74, 6) is 0. The van der Waals surface area contributed by atoms with E-state index in [4.69, 9.17) is 8.83 Å². The van der Waals surface area contributed by atoms with E-state index >= 15 is 0 Å². The molecule has 11 rings (SSSR count). The Morgan fingerprint density at radius 1 is 0.280 bits per heavy atom. The highest BCUT2D eigenvalue weighted by molar-refractivity contribution is 6.27. The minimum atomic E-state index is 0.867. The fourth-order valence-corrected chi connectivity index (χ4v) is 8.28. The number of rotatable bonds is 3. The third-order valence-corrected chi connectivity index (χ3v) is 10.5. The zero-order valence-corrected chi connectivity index (χ0v) is 27.0. The van der Waals surface area contributed by atoms with Gasteiger partial charge in [-0.2, -0.15) is 0 Å². The second-order valence-corrected chi connectivity index (χ2v) is 13.2. The number of para-hydroxylation sites is 1. The molecule has 2 aromatic heterocycles. The molecule has 0 saturated heterocycles. The first-order valence-corrected chi connectivity index (χ1v) is 17.1. The second kappa shape index (κ2) is 10.4. The molecule has 0 bridgehead atoms. The Hall–Kier alpha value is -6.64. The monoisotopic (exact) mass is 636 g/mol. The smallest absolute Gasteiger partial charge is 0.136 e. The normalized spacial score (nSPS) is 12.0. The first kappa shape index (κ1) is 27.3. The lowest BCUT2D eigenvalue weighted by molar-refractivity contribution is 0.663. The first-order chi connectivity index (χ1) is 24.8. The molecule has 0 atom stereocenters. The molecule has 2 heterocycles. The van der Waals surface area contributed by atoms with E-state index in [0.717, 1.165) is 49.4 Å². The molecule has 0 amide bonds. The van der Waals surface area contributed by atoms with E-state index < -0.39 is 0 Å². The molecule has 0 N–H and O–H groups in total. The summed E-state index contributed by atoms with van der Waals surface area (Å²) in [6.07, 6.45) is 0. The maximum atomic E-state index is 6.61. The van der Waals surface area contributed by atoms with Crippen LogP contribution in [0.1, 0.15) is 0 Å². The predicted octanol–water partition coefficient (Wildman–Crippen LogP) is 13.9. The van der Waals surface area contributed by atoms with Gasteiger partial charge in [0.15, 0.2) is 0 Å². The molecule has 11 aromatic rings. The molecule has 0 aliphatic heterocycles. The van der Waals surface area contributed by atoms with Gasteiger partial charge in [0, 0.05) is 21.5 Å². The van der Waals surface area contributed by atoms with Gasteiger partial charge in [-0.3, -0.25) is 0 Å². The molecule has 0 spiro atoms. The highest BCUT2D eigenvalue weighted by Gasteiger charge is 2.21. The molecular formula is C48H28O2. The van der Waals surface area contributed by atoms with Crippen molar-refractivity contribution in [3.8, 4) is 33.4 Å². The van der Waals surface area contributed by atoms with Gasteiger partial charge in [0.2, 0.25) is 0 Å². The largest absolute Gasteiger partial charge is 0.456 e. The van der Waals surface area contributed by atoms with Crippen LogP contribution in [0.3, 0.4) is 0 Å². The third-order valence-electron chi connectivity index (χ3n) is 10.5. The van der Waals surface area contributed by atoms with Crippen LogP contribution in [0.2, 0.25) is 0 Å². The van der Waals surface area contributed by atoms with Crippen molar-refractivity contribution >= 4 is 76.2 Å². The van der Waals surface area contributed by atoms with Crippen LogP contribution in [-0.2, 0) is 0 Å². The second-order valence-electron chi connectivity index (χ2n) is 13.2. The fraction of sp³-hybridized carbons (Fsp3) is 0. The van der Waals surface area contributed by atoms with Crippen molar-refractivity contribution in [2.45, 2.75) is 0 Å². The highest BCUT2D eigenvalue weighted by Crippen LogP contribution is 2.47. The minimum absolute atomic E-state index is 0.867. The molecule has 0 aliphatic rings. The van der Waals surface area contributed by atoms with Crippen molar-refractivity contribution in [2.75, 3.05) is 0 Å². The number of hydrogen-bond acceptors (Lipinski definition) is 2. The van der Waals surface area contributed by atoms with Crippen molar-refractivity contribution in [1.82, 2.24) is 0 Å². The topological polar surface area (TPSA) is 26.3 Å². The standard InChI is InChI=1S/C48H28O2/c1-2-12-30-27-31(22-21-29(30)11-1)33-13-3-4-14-34(33)46-37-17-7-5-15-35(37)45(36-16-6-8-18-38(36)46)32-23-24-40-44(28-32)50-43-26-25-42-47(48(40)43)39-19-9-10-20-41(39)49-42/h1-28H. The molecule has 0 saturated carbocycles. The van der Waals surface area contributed by atoms with Gasteiger partial charge in [0.25, 0.3) is 0 Å². The van der Waals surface area contributed by atoms with E-state index in [2.05, 4.69) is 146 Å². The van der Waals surface area contributed by atoms with Gasteiger partial charge in [0.05, 0.1) is 0 Å². The quantitative estimate of drug-likeness (QED) is 0.180. The van der Waals surface area contributed by atoms with Gasteiger partial charge in [-0.15, -0.1) is 0 Å². The number of benzene rings is 9. The van der Waals surface area contributed by atoms with Gasteiger partial charge in [0.1, 0.15) is 22.3 Å². The lowest BCUT2D eigenvalue weighted by Crippen LogP contribution is -1.92. The van der Waals surface area contributed by atoms with Crippen molar-refractivity contribution in [1.29, 1.82) is 0 Å². The zero-order chi connectivity index (χ0) is 32.8. The Kier molecular flexibility index (Phi) is 5.70. The molecule has 2 nitrogen and oxygen atoms in total. The maximum Gasteiger partial charge on any atom is 0.136 e. The van der Waals surface area contributed by atoms with Gasteiger partial charge in [-0.25, -0.2) is 0 Å². The van der Waals surface area contributed by atoms with Crippen LogP contribution in [0, 0.1) is 0 Å². The van der Waals surface area contributed by atoms with Crippen LogP contribution in [0.25, 0.3) is 110 Å². The van der Waals surface area contributed by atoms with Gasteiger partial charge >= 0.3 is 0 Å². The molecule has 9 aromatic carbocycles. The van der Waals surface area contributed by atoms with Crippen LogP contribution in [0.15, 0.2) is 179 Å². The molecular weight excluding hydrogens is 609 g/mol. The molecule has 232 valence electrons. The van der Waals surface area contributed by atoms with E-state index in [1.807, 2.05) is 24.3 Å². The van der Waals surface area contributed by atoms with Crippen molar-refractivity contribution in [3.05, 3.63) is 170 Å². The summed E-state index contributed by atoms with van der Waals surface area (Å²) >= 11 is 0. The van der Waals surface area contributed by atoms with Crippen LogP contribution in [-0.4, -0.2) is 0 Å². The van der Waals surface area contributed by atoms with E-state index in [-0.39, 0.29) is 0 Å².